The Morgan fingerprint density at radius 2 is 2.15 bits per heavy atom. The number of nitrogens with zero attached hydrogens (tertiary/aromatic N) is 1. The molecule has 0 N–H and O–H groups in total. The largest absolute Gasteiger partial charge is 0.497 e. The number of benzene rings is 1. The molecule has 1 aromatic carbocycles. The average molecular weight is 194 g/mol. The van der Waals surface area contributed by atoms with Crippen molar-refractivity contribution in [1.29, 1.82) is 0 Å². The molecule has 0 fully saturated rings. The molecule has 0 aliphatic heterocycles. The number of aromatic nitrogens is 1. The zero-order valence-corrected chi connectivity index (χ0v) is 7.88. The normalized spacial score (nSPS) is 10.3. The summed E-state index contributed by atoms with van der Waals surface area (Å²) in [4.78, 5) is 4.00. The predicted octanol–water partition coefficient (Wildman–Crippen LogP) is 2.90. The molecule has 1 heterocycles. The van der Waals surface area contributed by atoms with Crippen LogP contribution in [0.2, 0.25) is 5.02 Å². The van der Waals surface area contributed by atoms with E-state index < -0.39 is 0 Å². The standard InChI is InChI=1S/C10H8ClNO/c1-13-8-2-3-9-7(4-8)5-12-6-10(9)11/h2-6H,1H3. The summed E-state index contributed by atoms with van der Waals surface area (Å²) in [5, 5.41) is 2.66. The van der Waals surface area contributed by atoms with Gasteiger partial charge in [-0.15, -0.1) is 0 Å². The van der Waals surface area contributed by atoms with Crippen LogP contribution in [0.25, 0.3) is 10.8 Å². The number of methoxy groups -OCH3 is 1. The van der Waals surface area contributed by atoms with Gasteiger partial charge in [0.05, 0.1) is 12.1 Å². The molecule has 0 unspecified atom stereocenters. The Morgan fingerprint density at radius 1 is 1.31 bits per heavy atom. The van der Waals surface area contributed by atoms with Gasteiger partial charge in [-0.25, -0.2) is 0 Å². The van der Waals surface area contributed by atoms with Gasteiger partial charge in [0.2, 0.25) is 0 Å². The maximum absolute atomic E-state index is 5.95. The number of halogens is 1. The van der Waals surface area contributed by atoms with Crippen LogP contribution < -0.4 is 4.74 Å². The highest BCUT2D eigenvalue weighted by Crippen LogP contribution is 2.25. The molecule has 3 heteroatoms. The van der Waals surface area contributed by atoms with Crippen molar-refractivity contribution in [2.24, 2.45) is 0 Å². The van der Waals surface area contributed by atoms with Gasteiger partial charge in [0.1, 0.15) is 5.75 Å². The molecule has 0 aliphatic rings. The monoisotopic (exact) mass is 193 g/mol. The summed E-state index contributed by atoms with van der Waals surface area (Å²) in [6.07, 6.45) is 3.40. The Kier molecular flexibility index (Phi) is 2.07. The number of pyridine rings is 1. The number of hydrogen-bond donors (Lipinski definition) is 0. The SMILES string of the molecule is COc1ccc2c(Cl)cncc2c1. The van der Waals surface area contributed by atoms with Crippen molar-refractivity contribution in [3.05, 3.63) is 35.6 Å². The first-order valence-corrected chi connectivity index (χ1v) is 4.26. The molecule has 0 aliphatic carbocycles. The lowest BCUT2D eigenvalue weighted by Gasteiger charge is -2.02. The Bertz CT molecular complexity index is 442. The minimum absolute atomic E-state index is 0.667. The highest BCUT2D eigenvalue weighted by Gasteiger charge is 1.99. The van der Waals surface area contributed by atoms with Gasteiger partial charge in [-0.2, -0.15) is 0 Å². The second-order valence-electron chi connectivity index (χ2n) is 2.71. The summed E-state index contributed by atoms with van der Waals surface area (Å²) in [5.41, 5.74) is 0. The fourth-order valence-corrected chi connectivity index (χ4v) is 1.47. The summed E-state index contributed by atoms with van der Waals surface area (Å²) in [7, 11) is 1.64. The van der Waals surface area contributed by atoms with Crippen LogP contribution in [-0.2, 0) is 0 Å². The van der Waals surface area contributed by atoms with Crippen molar-refractivity contribution in [3.63, 3.8) is 0 Å². The van der Waals surface area contributed by atoms with Gasteiger partial charge >= 0.3 is 0 Å². The second-order valence-corrected chi connectivity index (χ2v) is 3.12. The summed E-state index contributed by atoms with van der Waals surface area (Å²) >= 11 is 5.95. The lowest BCUT2D eigenvalue weighted by atomic mass is 10.2. The zero-order valence-electron chi connectivity index (χ0n) is 7.12. The van der Waals surface area contributed by atoms with Crippen molar-refractivity contribution < 1.29 is 4.74 Å². The molecule has 0 spiro atoms. The van der Waals surface area contributed by atoms with Crippen LogP contribution in [0.3, 0.4) is 0 Å². The number of rotatable bonds is 1. The third-order valence-corrected chi connectivity index (χ3v) is 2.22. The van der Waals surface area contributed by atoms with Gasteiger partial charge in [0.15, 0.2) is 0 Å². The number of hydrogen-bond acceptors (Lipinski definition) is 2. The van der Waals surface area contributed by atoms with Crippen molar-refractivity contribution in [2.45, 2.75) is 0 Å². The second kappa shape index (κ2) is 3.23. The van der Waals surface area contributed by atoms with Crippen LogP contribution in [0.15, 0.2) is 30.6 Å². The summed E-state index contributed by atoms with van der Waals surface area (Å²) in [6, 6.07) is 5.72. The van der Waals surface area contributed by atoms with Gasteiger partial charge in [-0.3, -0.25) is 4.98 Å². The van der Waals surface area contributed by atoms with Crippen LogP contribution in [0.5, 0.6) is 5.75 Å². The molecule has 0 amide bonds. The van der Waals surface area contributed by atoms with Crippen LogP contribution >= 0.6 is 11.6 Å². The molecule has 0 saturated carbocycles. The van der Waals surface area contributed by atoms with E-state index >= 15 is 0 Å². The first-order chi connectivity index (χ1) is 6.31. The van der Waals surface area contributed by atoms with Crippen molar-refractivity contribution in [2.75, 3.05) is 7.11 Å². The third-order valence-electron chi connectivity index (χ3n) is 1.92. The third kappa shape index (κ3) is 1.45. The molecular formula is C10H8ClNO. The van der Waals surface area contributed by atoms with Crippen molar-refractivity contribution in [1.82, 2.24) is 4.98 Å². The highest BCUT2D eigenvalue weighted by molar-refractivity contribution is 6.35. The van der Waals surface area contributed by atoms with Gasteiger partial charge < -0.3 is 4.74 Å². The minimum Gasteiger partial charge on any atom is -0.497 e. The van der Waals surface area contributed by atoms with Crippen LogP contribution in [0, 0.1) is 0 Å². The van der Waals surface area contributed by atoms with E-state index in [2.05, 4.69) is 4.98 Å². The van der Waals surface area contributed by atoms with E-state index in [4.69, 9.17) is 16.3 Å². The Morgan fingerprint density at radius 3 is 2.92 bits per heavy atom. The maximum Gasteiger partial charge on any atom is 0.119 e. The molecule has 66 valence electrons. The molecule has 1 aromatic heterocycles. The molecule has 13 heavy (non-hydrogen) atoms. The van der Waals surface area contributed by atoms with Gasteiger partial charge in [0, 0.05) is 23.2 Å². The molecule has 0 bridgehead atoms. The predicted molar refractivity (Wildman–Crippen MR) is 53.3 cm³/mol. The average Bonchev–Trinajstić information content (AvgIpc) is 2.18. The van der Waals surface area contributed by atoms with Crippen LogP contribution in [-0.4, -0.2) is 12.1 Å². The van der Waals surface area contributed by atoms with Crippen molar-refractivity contribution >= 4 is 22.4 Å². The topological polar surface area (TPSA) is 22.1 Å². The van der Waals surface area contributed by atoms with E-state index in [1.807, 2.05) is 18.2 Å². The molecule has 2 nitrogen and oxygen atoms in total. The Hall–Kier alpha value is -1.28. The lowest BCUT2D eigenvalue weighted by molar-refractivity contribution is 0.415. The molecule has 0 radical (unpaired) electrons. The van der Waals surface area contributed by atoms with E-state index in [0.717, 1.165) is 16.5 Å². The molecule has 2 rings (SSSR count). The Labute approximate surface area is 81.1 Å². The fourth-order valence-electron chi connectivity index (χ4n) is 1.24. The van der Waals surface area contributed by atoms with E-state index in [9.17, 15) is 0 Å². The maximum atomic E-state index is 5.95. The molecule has 0 atom stereocenters. The summed E-state index contributed by atoms with van der Waals surface area (Å²) < 4.78 is 5.09. The van der Waals surface area contributed by atoms with Crippen molar-refractivity contribution in [3.8, 4) is 5.75 Å². The smallest absolute Gasteiger partial charge is 0.119 e. The lowest BCUT2D eigenvalue weighted by Crippen LogP contribution is -1.83. The van der Waals surface area contributed by atoms with Gasteiger partial charge in [0.25, 0.3) is 0 Å². The number of ether oxygens (including phenoxy) is 1. The summed E-state index contributed by atoms with van der Waals surface area (Å²) in [5.74, 6) is 0.816. The highest BCUT2D eigenvalue weighted by atomic mass is 35.5. The number of fused-ring (bicyclic) bond motifs is 1. The van der Waals surface area contributed by atoms with E-state index in [-0.39, 0.29) is 0 Å². The molecule has 2 aromatic rings. The Balaban J connectivity index is 2.72. The first kappa shape index (κ1) is 8.32. The van der Waals surface area contributed by atoms with Crippen LogP contribution in [0.4, 0.5) is 0 Å². The molecular weight excluding hydrogens is 186 g/mol. The van der Waals surface area contributed by atoms with Gasteiger partial charge in [-0.05, 0) is 18.2 Å². The van der Waals surface area contributed by atoms with E-state index in [1.54, 1.807) is 19.5 Å². The van der Waals surface area contributed by atoms with E-state index in [0.29, 0.717) is 5.02 Å². The fraction of sp³-hybridized carbons (Fsp3) is 0.100. The van der Waals surface area contributed by atoms with Crippen LogP contribution in [0.1, 0.15) is 0 Å². The quantitative estimate of drug-likeness (QED) is 0.695. The van der Waals surface area contributed by atoms with Gasteiger partial charge in [-0.1, -0.05) is 11.6 Å². The van der Waals surface area contributed by atoms with E-state index in [1.165, 1.54) is 0 Å². The first-order valence-electron chi connectivity index (χ1n) is 3.88. The zero-order chi connectivity index (χ0) is 9.26. The minimum atomic E-state index is 0.667. The summed E-state index contributed by atoms with van der Waals surface area (Å²) in [6.45, 7) is 0. The molecule has 0 saturated heterocycles.